The van der Waals surface area contributed by atoms with Gasteiger partial charge in [-0.15, -0.1) is 0 Å². The first-order valence-corrected chi connectivity index (χ1v) is 12.3. The van der Waals surface area contributed by atoms with Crippen LogP contribution in [0.15, 0.2) is 64.8 Å². The molecule has 0 saturated heterocycles. The molecule has 0 amide bonds. The van der Waals surface area contributed by atoms with Crippen molar-refractivity contribution >= 4 is 3.27 Å². The van der Waals surface area contributed by atoms with Crippen LogP contribution in [0, 0.1) is 0 Å². The summed E-state index contributed by atoms with van der Waals surface area (Å²) < 4.78 is 2.05. The minimum absolute atomic E-state index is 0. The Morgan fingerprint density at radius 3 is 2.29 bits per heavy atom. The van der Waals surface area contributed by atoms with Crippen molar-refractivity contribution in [3.8, 4) is 11.1 Å². The van der Waals surface area contributed by atoms with E-state index in [2.05, 4.69) is 77.1 Å². The SMILES string of the molecule is CCCC1=C(C)C(C)=C(C)[C]1(C)[Zr+2][c]1cccc2c1Cc1ccccc1-2.[I-].[I-]. The average molecular weight is 674 g/mol. The monoisotopic (exact) mass is 672 g/mol. The summed E-state index contributed by atoms with van der Waals surface area (Å²) in [5.41, 5.74) is 12.6. The van der Waals surface area contributed by atoms with Gasteiger partial charge in [-0.3, -0.25) is 0 Å². The maximum absolute atomic E-state index is 2.56. The van der Waals surface area contributed by atoms with E-state index >= 15 is 0 Å². The summed E-state index contributed by atoms with van der Waals surface area (Å²) >= 11 is -0.818. The fraction of sp³-hybridized carbons (Fsp3) is 0.360. The second kappa shape index (κ2) is 9.60. The molecule has 146 valence electrons. The van der Waals surface area contributed by atoms with Crippen molar-refractivity contribution in [1.29, 1.82) is 0 Å². The molecule has 2 aliphatic rings. The molecule has 0 heterocycles. The predicted molar refractivity (Wildman–Crippen MR) is 109 cm³/mol. The fourth-order valence-corrected chi connectivity index (χ4v) is 9.63. The molecule has 2 aliphatic carbocycles. The van der Waals surface area contributed by atoms with Gasteiger partial charge in [-0.05, 0) is 0 Å². The van der Waals surface area contributed by atoms with Gasteiger partial charge in [0.2, 0.25) is 0 Å². The van der Waals surface area contributed by atoms with Crippen molar-refractivity contribution in [3.63, 3.8) is 0 Å². The van der Waals surface area contributed by atoms with E-state index in [0.717, 1.165) is 6.42 Å². The summed E-state index contributed by atoms with van der Waals surface area (Å²) in [4.78, 5) is 0. The molecular formula is C25H28I2Zr. The topological polar surface area (TPSA) is 0 Å². The zero-order valence-electron chi connectivity index (χ0n) is 17.4. The maximum atomic E-state index is 2.56. The third-order valence-electron chi connectivity index (χ3n) is 6.67. The molecular weight excluding hydrogens is 645 g/mol. The Bertz CT molecular complexity index is 955. The zero-order chi connectivity index (χ0) is 18.5. The van der Waals surface area contributed by atoms with E-state index in [9.17, 15) is 0 Å². The maximum Gasteiger partial charge on any atom is -1.00 e. The van der Waals surface area contributed by atoms with Gasteiger partial charge in [0.05, 0.1) is 0 Å². The van der Waals surface area contributed by atoms with Gasteiger partial charge in [-0.1, -0.05) is 0 Å². The first-order chi connectivity index (χ1) is 12.5. The Morgan fingerprint density at radius 2 is 1.57 bits per heavy atom. The fourth-order valence-electron chi connectivity index (χ4n) is 4.88. The Labute approximate surface area is 216 Å². The van der Waals surface area contributed by atoms with Crippen molar-refractivity contribution in [2.75, 3.05) is 0 Å². The second-order valence-electron chi connectivity index (χ2n) is 8.02. The molecule has 0 nitrogen and oxygen atoms in total. The third kappa shape index (κ3) is 3.94. The number of fused-ring (bicyclic) bond motifs is 3. The molecule has 0 aliphatic heterocycles. The Hall–Kier alpha value is 0.263. The molecule has 0 bridgehead atoms. The molecule has 2 aromatic carbocycles. The van der Waals surface area contributed by atoms with Crippen LogP contribution in [0.1, 0.15) is 58.6 Å². The molecule has 0 radical (unpaired) electrons. The van der Waals surface area contributed by atoms with Crippen LogP contribution in [-0.2, 0) is 29.7 Å². The standard InChI is InChI=1S/C13H9.C12H19.2HI.Zr/c1-3-7-12-10(5-1)9-11-6-2-4-8-13(11)12;1-6-7-12-10(4)8(2)9(3)11(12)5;;;/h1-5,7-8H,9H2;6-7H2,1-5H3;2*1H;/q;;;;+2/p-2. The molecule has 1 unspecified atom stereocenters. The van der Waals surface area contributed by atoms with E-state index in [1.165, 1.54) is 29.5 Å². The van der Waals surface area contributed by atoms with Gasteiger partial charge in [-0.2, -0.15) is 0 Å². The predicted octanol–water partition coefficient (Wildman–Crippen LogP) is 0.619. The normalized spacial score (nSPS) is 19.6. The molecule has 0 spiro atoms. The largest absolute Gasteiger partial charge is 1.00 e. The van der Waals surface area contributed by atoms with Crippen LogP contribution in [0.5, 0.6) is 0 Å². The Morgan fingerprint density at radius 1 is 0.893 bits per heavy atom. The van der Waals surface area contributed by atoms with E-state index in [0.29, 0.717) is 3.12 Å². The van der Waals surface area contributed by atoms with Crippen molar-refractivity contribution in [3.05, 3.63) is 75.9 Å². The molecule has 1 atom stereocenters. The second-order valence-corrected chi connectivity index (χ2v) is 12.4. The van der Waals surface area contributed by atoms with Crippen LogP contribution < -0.4 is 51.2 Å². The van der Waals surface area contributed by atoms with Crippen molar-refractivity contribution in [2.24, 2.45) is 0 Å². The van der Waals surface area contributed by atoms with Crippen LogP contribution in [-0.4, -0.2) is 0 Å². The molecule has 2 aromatic rings. The molecule has 0 aromatic heterocycles. The van der Waals surface area contributed by atoms with Crippen LogP contribution >= 0.6 is 0 Å². The molecule has 4 rings (SSSR count). The first-order valence-electron chi connectivity index (χ1n) is 9.84. The van der Waals surface area contributed by atoms with Crippen LogP contribution in [0.4, 0.5) is 0 Å². The van der Waals surface area contributed by atoms with Crippen molar-refractivity contribution in [2.45, 2.75) is 57.0 Å². The molecule has 3 heteroatoms. The zero-order valence-corrected chi connectivity index (χ0v) is 24.2. The van der Waals surface area contributed by atoms with E-state index in [1.54, 1.807) is 31.1 Å². The average Bonchev–Trinajstić information content (AvgIpc) is 3.10. The summed E-state index contributed by atoms with van der Waals surface area (Å²) in [6.45, 7) is 12.0. The number of rotatable bonds is 4. The van der Waals surface area contributed by atoms with Gasteiger partial charge >= 0.3 is 171 Å². The van der Waals surface area contributed by atoms with Crippen LogP contribution in [0.25, 0.3) is 11.1 Å². The van der Waals surface area contributed by atoms with Crippen LogP contribution in [0.2, 0.25) is 3.12 Å². The number of allylic oxidation sites excluding steroid dienone is 4. The van der Waals surface area contributed by atoms with Gasteiger partial charge in [0.15, 0.2) is 0 Å². The van der Waals surface area contributed by atoms with Gasteiger partial charge in [0.25, 0.3) is 0 Å². The minimum atomic E-state index is -0.818. The van der Waals surface area contributed by atoms with Gasteiger partial charge in [0.1, 0.15) is 0 Å². The Kier molecular flexibility index (Phi) is 8.41. The van der Waals surface area contributed by atoms with E-state index < -0.39 is 23.2 Å². The van der Waals surface area contributed by atoms with E-state index in [1.807, 2.05) is 0 Å². The van der Waals surface area contributed by atoms with E-state index in [-0.39, 0.29) is 48.0 Å². The summed E-state index contributed by atoms with van der Waals surface area (Å²) in [5, 5.41) is 0. The number of hydrogen-bond acceptors (Lipinski definition) is 0. The third-order valence-corrected chi connectivity index (χ3v) is 11.4. The quantitative estimate of drug-likeness (QED) is 0.357. The minimum Gasteiger partial charge on any atom is -1.00 e. The summed E-state index contributed by atoms with van der Waals surface area (Å²) in [6.07, 6.45) is 3.64. The number of hydrogen-bond donors (Lipinski definition) is 0. The Balaban J connectivity index is 0.00000140. The molecule has 0 N–H and O–H groups in total. The molecule has 28 heavy (non-hydrogen) atoms. The summed E-state index contributed by atoms with van der Waals surface area (Å²) in [6, 6.07) is 16.1. The smallest absolute Gasteiger partial charge is 1.00 e. The van der Waals surface area contributed by atoms with Crippen molar-refractivity contribution in [1.82, 2.24) is 0 Å². The first kappa shape index (κ1) is 24.5. The molecule has 0 fully saturated rings. The number of halogens is 2. The van der Waals surface area contributed by atoms with Gasteiger partial charge < -0.3 is 48.0 Å². The molecule has 0 saturated carbocycles. The summed E-state index contributed by atoms with van der Waals surface area (Å²) in [7, 11) is 0. The van der Waals surface area contributed by atoms with E-state index in [4.69, 9.17) is 0 Å². The van der Waals surface area contributed by atoms with Gasteiger partial charge in [-0.25, -0.2) is 0 Å². The number of benzene rings is 2. The van der Waals surface area contributed by atoms with Crippen molar-refractivity contribution < 1.29 is 71.2 Å². The van der Waals surface area contributed by atoms with Gasteiger partial charge in [0, 0.05) is 0 Å². The van der Waals surface area contributed by atoms with Crippen LogP contribution in [0.3, 0.4) is 0 Å². The summed E-state index contributed by atoms with van der Waals surface area (Å²) in [5.74, 6) is 0.